The topological polar surface area (TPSA) is 76.5 Å². The molecule has 0 saturated heterocycles. The van der Waals surface area contributed by atoms with Gasteiger partial charge in [-0.15, -0.1) is 0 Å². The molecule has 0 saturated carbocycles. The normalized spacial score (nSPS) is 12.4. The van der Waals surface area contributed by atoms with Crippen LogP contribution in [-0.2, 0) is 0 Å². The van der Waals surface area contributed by atoms with Gasteiger partial charge in [0.25, 0.3) is 11.5 Å². The van der Waals surface area contributed by atoms with Crippen LogP contribution in [0, 0.1) is 0 Å². The lowest BCUT2D eigenvalue weighted by Gasteiger charge is -2.25. The SMILES string of the molecule is COc1ccc(C(CNC(=O)c2nn(C(C)C)c(=O)c3ccccc23)N(C)C)cc1. The number of aromatic nitrogens is 2. The molecule has 0 aliphatic carbocycles. The van der Waals surface area contributed by atoms with Crippen molar-refractivity contribution in [1.29, 1.82) is 0 Å². The molecule has 0 fully saturated rings. The zero-order chi connectivity index (χ0) is 21.8. The van der Waals surface area contributed by atoms with Crippen molar-refractivity contribution in [3.05, 3.63) is 70.1 Å². The van der Waals surface area contributed by atoms with E-state index in [1.165, 1.54) is 4.68 Å². The Morgan fingerprint density at radius 1 is 1.10 bits per heavy atom. The van der Waals surface area contributed by atoms with Gasteiger partial charge in [-0.25, -0.2) is 4.68 Å². The minimum atomic E-state index is -0.305. The molecule has 1 amide bonds. The van der Waals surface area contributed by atoms with E-state index in [0.717, 1.165) is 11.3 Å². The Kier molecular flexibility index (Phi) is 6.52. The highest BCUT2D eigenvalue weighted by atomic mass is 16.5. The monoisotopic (exact) mass is 408 g/mol. The summed E-state index contributed by atoms with van der Waals surface area (Å²) in [6.07, 6.45) is 0. The summed E-state index contributed by atoms with van der Waals surface area (Å²) in [4.78, 5) is 27.8. The molecule has 1 atom stereocenters. The lowest BCUT2D eigenvalue weighted by molar-refractivity contribution is 0.0936. The molecule has 1 aromatic heterocycles. The fourth-order valence-corrected chi connectivity index (χ4v) is 3.42. The number of methoxy groups -OCH3 is 1. The van der Waals surface area contributed by atoms with Crippen molar-refractivity contribution < 1.29 is 9.53 Å². The third-order valence-electron chi connectivity index (χ3n) is 5.11. The predicted octanol–water partition coefficient (Wildman–Crippen LogP) is 3.02. The lowest BCUT2D eigenvalue weighted by atomic mass is 10.1. The summed E-state index contributed by atoms with van der Waals surface area (Å²) in [5.74, 6) is 0.480. The molecule has 0 aliphatic rings. The first kappa shape index (κ1) is 21.5. The summed E-state index contributed by atoms with van der Waals surface area (Å²) in [6.45, 7) is 4.14. The summed E-state index contributed by atoms with van der Waals surface area (Å²) in [5.41, 5.74) is 1.12. The highest BCUT2D eigenvalue weighted by molar-refractivity contribution is 6.04. The number of nitrogens with zero attached hydrogens (tertiary/aromatic N) is 3. The van der Waals surface area contributed by atoms with E-state index in [2.05, 4.69) is 10.4 Å². The fraction of sp³-hybridized carbons (Fsp3) is 0.348. The third kappa shape index (κ3) is 4.36. The Balaban J connectivity index is 1.90. The Labute approximate surface area is 176 Å². The molecular weight excluding hydrogens is 380 g/mol. The van der Waals surface area contributed by atoms with Crippen LogP contribution < -0.4 is 15.6 Å². The van der Waals surface area contributed by atoms with Gasteiger partial charge in [-0.05, 0) is 51.7 Å². The second kappa shape index (κ2) is 9.09. The van der Waals surface area contributed by atoms with Gasteiger partial charge in [0.2, 0.25) is 0 Å². The molecular formula is C23H28N4O3. The Bertz CT molecular complexity index is 1090. The second-order valence-corrected chi connectivity index (χ2v) is 7.70. The van der Waals surface area contributed by atoms with Crippen molar-refractivity contribution >= 4 is 16.7 Å². The molecule has 7 heteroatoms. The largest absolute Gasteiger partial charge is 0.497 e. The highest BCUT2D eigenvalue weighted by Gasteiger charge is 2.20. The standard InChI is InChI=1S/C23H28N4O3/c1-15(2)27-23(29)19-9-7-6-8-18(19)21(25-27)22(28)24-14-20(26(3)4)16-10-12-17(30-5)13-11-16/h6-13,15,20H,14H2,1-5H3,(H,24,28). The van der Waals surface area contributed by atoms with Crippen LogP contribution in [0.15, 0.2) is 53.3 Å². The number of nitrogens with one attached hydrogen (secondary N) is 1. The van der Waals surface area contributed by atoms with Crippen molar-refractivity contribution in [1.82, 2.24) is 20.0 Å². The van der Waals surface area contributed by atoms with Gasteiger partial charge in [0.05, 0.1) is 24.6 Å². The molecule has 0 spiro atoms. The maximum Gasteiger partial charge on any atom is 0.274 e. The molecule has 158 valence electrons. The summed E-state index contributed by atoms with van der Waals surface area (Å²) >= 11 is 0. The van der Waals surface area contributed by atoms with Gasteiger partial charge >= 0.3 is 0 Å². The van der Waals surface area contributed by atoms with E-state index >= 15 is 0 Å². The molecule has 0 aliphatic heterocycles. The Hall–Kier alpha value is -3.19. The predicted molar refractivity (Wildman–Crippen MR) is 118 cm³/mol. The fourth-order valence-electron chi connectivity index (χ4n) is 3.42. The van der Waals surface area contributed by atoms with E-state index in [4.69, 9.17) is 4.74 Å². The van der Waals surface area contributed by atoms with Crippen molar-refractivity contribution in [2.45, 2.75) is 25.9 Å². The van der Waals surface area contributed by atoms with Crippen LogP contribution in [0.5, 0.6) is 5.75 Å². The van der Waals surface area contributed by atoms with Gasteiger partial charge < -0.3 is 15.0 Å². The first-order valence-corrected chi connectivity index (χ1v) is 9.93. The Morgan fingerprint density at radius 3 is 2.30 bits per heavy atom. The van der Waals surface area contributed by atoms with E-state index in [9.17, 15) is 9.59 Å². The summed E-state index contributed by atoms with van der Waals surface area (Å²) in [7, 11) is 5.56. The smallest absolute Gasteiger partial charge is 0.274 e. The van der Waals surface area contributed by atoms with E-state index < -0.39 is 0 Å². The molecule has 0 radical (unpaired) electrons. The number of hydrogen-bond acceptors (Lipinski definition) is 5. The summed E-state index contributed by atoms with van der Waals surface area (Å²) in [5, 5.41) is 8.43. The van der Waals surface area contributed by atoms with Gasteiger partial charge in [-0.2, -0.15) is 5.10 Å². The van der Waals surface area contributed by atoms with Crippen LogP contribution in [0.25, 0.3) is 10.8 Å². The zero-order valence-electron chi connectivity index (χ0n) is 18.0. The van der Waals surface area contributed by atoms with Crippen molar-refractivity contribution in [3.63, 3.8) is 0 Å². The number of fused-ring (bicyclic) bond motifs is 1. The molecule has 1 heterocycles. The molecule has 0 bridgehead atoms. The van der Waals surface area contributed by atoms with E-state index in [1.807, 2.05) is 57.1 Å². The minimum absolute atomic E-state index is 0.0258. The molecule has 1 unspecified atom stereocenters. The van der Waals surface area contributed by atoms with Gasteiger partial charge in [0, 0.05) is 11.9 Å². The van der Waals surface area contributed by atoms with Crippen LogP contribution in [0.3, 0.4) is 0 Å². The number of benzene rings is 2. The minimum Gasteiger partial charge on any atom is -0.497 e. The average Bonchev–Trinajstić information content (AvgIpc) is 2.74. The average molecular weight is 409 g/mol. The molecule has 3 aromatic rings. The van der Waals surface area contributed by atoms with Crippen LogP contribution in [0.4, 0.5) is 0 Å². The summed E-state index contributed by atoms with van der Waals surface area (Å²) < 4.78 is 6.59. The molecule has 30 heavy (non-hydrogen) atoms. The quantitative estimate of drug-likeness (QED) is 0.650. The van der Waals surface area contributed by atoms with Gasteiger partial charge in [0.1, 0.15) is 5.75 Å². The lowest BCUT2D eigenvalue weighted by Crippen LogP contribution is -2.36. The van der Waals surface area contributed by atoms with Crippen molar-refractivity contribution in [2.24, 2.45) is 0 Å². The Morgan fingerprint density at radius 2 is 1.73 bits per heavy atom. The van der Waals surface area contributed by atoms with E-state index in [0.29, 0.717) is 17.3 Å². The van der Waals surface area contributed by atoms with Crippen LogP contribution in [0.2, 0.25) is 0 Å². The van der Waals surface area contributed by atoms with Gasteiger partial charge in [-0.1, -0.05) is 30.3 Å². The van der Waals surface area contributed by atoms with Crippen LogP contribution >= 0.6 is 0 Å². The van der Waals surface area contributed by atoms with E-state index in [-0.39, 0.29) is 29.2 Å². The van der Waals surface area contributed by atoms with Crippen LogP contribution in [0.1, 0.15) is 42.0 Å². The third-order valence-corrected chi connectivity index (χ3v) is 5.11. The number of carbonyl (C=O) groups is 1. The number of hydrogen-bond donors (Lipinski definition) is 1. The van der Waals surface area contributed by atoms with Crippen LogP contribution in [-0.4, -0.2) is 48.3 Å². The summed E-state index contributed by atoms with van der Waals surface area (Å²) in [6, 6.07) is 14.7. The zero-order valence-corrected chi connectivity index (χ0v) is 18.0. The first-order chi connectivity index (χ1) is 14.3. The molecule has 3 rings (SSSR count). The number of ether oxygens (including phenoxy) is 1. The molecule has 1 N–H and O–H groups in total. The van der Waals surface area contributed by atoms with Crippen molar-refractivity contribution in [3.8, 4) is 5.75 Å². The number of likely N-dealkylation sites (N-methyl/N-ethyl adjacent to an activating group) is 1. The maximum atomic E-state index is 13.1. The van der Waals surface area contributed by atoms with Gasteiger partial charge in [-0.3, -0.25) is 9.59 Å². The molecule has 7 nitrogen and oxygen atoms in total. The van der Waals surface area contributed by atoms with Gasteiger partial charge in [0.15, 0.2) is 5.69 Å². The first-order valence-electron chi connectivity index (χ1n) is 9.93. The molecule has 2 aromatic carbocycles. The number of amides is 1. The number of rotatable bonds is 7. The van der Waals surface area contributed by atoms with Crippen molar-refractivity contribution in [2.75, 3.05) is 27.7 Å². The second-order valence-electron chi connectivity index (χ2n) is 7.70. The van der Waals surface area contributed by atoms with E-state index in [1.54, 1.807) is 31.4 Å². The maximum absolute atomic E-state index is 13.1. The highest BCUT2D eigenvalue weighted by Crippen LogP contribution is 2.21. The number of carbonyl (C=O) groups excluding carboxylic acids is 1.